The van der Waals surface area contributed by atoms with Crippen LogP contribution in [0, 0.1) is 0 Å². The van der Waals surface area contributed by atoms with Gasteiger partial charge in [0.05, 0.1) is 0 Å². The highest BCUT2D eigenvalue weighted by Crippen LogP contribution is 1.96. The first-order chi connectivity index (χ1) is 8.24. The van der Waals surface area contributed by atoms with Gasteiger partial charge in [0.25, 0.3) is 0 Å². The molecule has 0 heterocycles. The second-order valence-electron chi connectivity index (χ2n) is 3.47. The lowest BCUT2D eigenvalue weighted by Crippen LogP contribution is -2.40. The predicted molar refractivity (Wildman–Crippen MR) is 66.6 cm³/mol. The molecule has 4 nitrogen and oxygen atoms in total. The monoisotopic (exact) mass is 254 g/mol. The third-order valence-electron chi connectivity index (χ3n) is 2.10. The zero-order valence-corrected chi connectivity index (χ0v) is 10.2. The third kappa shape index (κ3) is 5.36. The lowest BCUT2D eigenvalue weighted by molar-refractivity contribution is -0.139. The number of carbonyl (C=O) groups excluding carboxylic acids is 2. The number of benzene rings is 1. The summed E-state index contributed by atoms with van der Waals surface area (Å²) >= 11 is 5.45. The Morgan fingerprint density at radius 3 is 2.35 bits per heavy atom. The fourth-order valence-corrected chi connectivity index (χ4v) is 1.34. The highest BCUT2D eigenvalue weighted by Gasteiger charge is 2.11. The SMILES string of the molecule is O=C(NCCCCl)C(=O)NCc1ccccc1. The van der Waals surface area contributed by atoms with Crippen molar-refractivity contribution < 1.29 is 9.59 Å². The summed E-state index contributed by atoms with van der Waals surface area (Å²) in [5.74, 6) is -0.777. The molecule has 0 atom stereocenters. The molecule has 0 saturated carbocycles. The maximum absolute atomic E-state index is 11.4. The molecule has 0 aliphatic rings. The minimum absolute atomic E-state index is 0.350. The number of hydrogen-bond acceptors (Lipinski definition) is 2. The van der Waals surface area contributed by atoms with E-state index >= 15 is 0 Å². The normalized spacial score (nSPS) is 9.71. The van der Waals surface area contributed by atoms with Gasteiger partial charge in [0.1, 0.15) is 0 Å². The van der Waals surface area contributed by atoms with Gasteiger partial charge in [-0.2, -0.15) is 0 Å². The van der Waals surface area contributed by atoms with Crippen LogP contribution in [0.25, 0.3) is 0 Å². The van der Waals surface area contributed by atoms with Gasteiger partial charge in [0, 0.05) is 19.0 Å². The first kappa shape index (κ1) is 13.5. The molecule has 0 aliphatic carbocycles. The molecule has 2 N–H and O–H groups in total. The average Bonchev–Trinajstić information content (AvgIpc) is 2.37. The number of hydrogen-bond donors (Lipinski definition) is 2. The quantitative estimate of drug-likeness (QED) is 0.469. The van der Waals surface area contributed by atoms with Gasteiger partial charge in [0.2, 0.25) is 0 Å². The van der Waals surface area contributed by atoms with E-state index in [1.165, 1.54) is 0 Å². The van der Waals surface area contributed by atoms with E-state index in [-0.39, 0.29) is 0 Å². The molecule has 0 saturated heterocycles. The summed E-state index contributed by atoms with van der Waals surface area (Å²) in [6.45, 7) is 0.768. The Labute approximate surface area is 105 Å². The summed E-state index contributed by atoms with van der Waals surface area (Å²) in [6, 6.07) is 9.41. The summed E-state index contributed by atoms with van der Waals surface area (Å²) < 4.78 is 0. The molecule has 0 radical (unpaired) electrons. The maximum Gasteiger partial charge on any atom is 0.309 e. The van der Waals surface area contributed by atoms with E-state index in [4.69, 9.17) is 11.6 Å². The maximum atomic E-state index is 11.4. The van der Waals surface area contributed by atoms with E-state index < -0.39 is 11.8 Å². The molecule has 0 aliphatic heterocycles. The van der Waals surface area contributed by atoms with Gasteiger partial charge in [-0.05, 0) is 12.0 Å². The van der Waals surface area contributed by atoms with Gasteiger partial charge in [0.15, 0.2) is 0 Å². The Bertz CT molecular complexity index is 368. The van der Waals surface area contributed by atoms with Crippen molar-refractivity contribution in [1.29, 1.82) is 0 Å². The lowest BCUT2D eigenvalue weighted by atomic mass is 10.2. The first-order valence-corrected chi connectivity index (χ1v) is 5.93. The smallest absolute Gasteiger partial charge is 0.309 e. The van der Waals surface area contributed by atoms with Gasteiger partial charge in [-0.25, -0.2) is 0 Å². The van der Waals surface area contributed by atoms with Crippen molar-refractivity contribution in [1.82, 2.24) is 10.6 Å². The molecule has 5 heteroatoms. The van der Waals surface area contributed by atoms with Crippen LogP contribution in [0.5, 0.6) is 0 Å². The van der Waals surface area contributed by atoms with Crippen molar-refractivity contribution in [3.05, 3.63) is 35.9 Å². The Balaban J connectivity index is 2.27. The molecule has 0 spiro atoms. The minimum Gasteiger partial charge on any atom is -0.348 e. The molecule has 1 rings (SSSR count). The molecule has 0 unspecified atom stereocenters. The molecule has 1 aromatic rings. The molecule has 1 aromatic carbocycles. The highest BCUT2D eigenvalue weighted by molar-refractivity contribution is 6.35. The van der Waals surface area contributed by atoms with Crippen LogP contribution in [-0.2, 0) is 16.1 Å². The van der Waals surface area contributed by atoms with Crippen molar-refractivity contribution in [2.24, 2.45) is 0 Å². The van der Waals surface area contributed by atoms with E-state index in [1.54, 1.807) is 0 Å². The van der Waals surface area contributed by atoms with Gasteiger partial charge in [-0.3, -0.25) is 9.59 Å². The molecular weight excluding hydrogens is 240 g/mol. The zero-order chi connectivity index (χ0) is 12.5. The van der Waals surface area contributed by atoms with Crippen molar-refractivity contribution in [3.63, 3.8) is 0 Å². The second kappa shape index (κ2) is 7.68. The molecule has 92 valence electrons. The summed E-state index contributed by atoms with van der Waals surface area (Å²) in [4.78, 5) is 22.6. The molecule has 0 aromatic heterocycles. The molecule has 17 heavy (non-hydrogen) atoms. The second-order valence-corrected chi connectivity index (χ2v) is 3.84. The summed E-state index contributed by atoms with van der Waals surface area (Å²) in [5.41, 5.74) is 0.953. The number of halogens is 1. The number of rotatable bonds is 5. The third-order valence-corrected chi connectivity index (χ3v) is 2.37. The Morgan fingerprint density at radius 1 is 1.06 bits per heavy atom. The number of amides is 2. The van der Waals surface area contributed by atoms with Crippen LogP contribution < -0.4 is 10.6 Å². The summed E-state index contributed by atoms with van der Waals surface area (Å²) in [6.07, 6.45) is 0.652. The lowest BCUT2D eigenvalue weighted by Gasteiger charge is -2.05. The van der Waals surface area contributed by atoms with E-state index in [0.717, 1.165) is 5.56 Å². The van der Waals surface area contributed by atoms with Crippen molar-refractivity contribution in [2.75, 3.05) is 12.4 Å². The van der Waals surface area contributed by atoms with Crippen LogP contribution in [0.4, 0.5) is 0 Å². The highest BCUT2D eigenvalue weighted by atomic mass is 35.5. The van der Waals surface area contributed by atoms with Gasteiger partial charge in [-0.1, -0.05) is 30.3 Å². The first-order valence-electron chi connectivity index (χ1n) is 5.40. The van der Waals surface area contributed by atoms with Crippen LogP contribution in [0.15, 0.2) is 30.3 Å². The molecule has 0 fully saturated rings. The minimum atomic E-state index is -0.622. The van der Waals surface area contributed by atoms with Crippen LogP contribution >= 0.6 is 11.6 Å². The predicted octanol–water partition coefficient (Wildman–Crippen LogP) is 1.05. The Kier molecular flexibility index (Phi) is 6.10. The summed E-state index contributed by atoms with van der Waals surface area (Å²) in [5, 5.41) is 5.03. The van der Waals surface area contributed by atoms with E-state index in [2.05, 4.69) is 10.6 Å². The average molecular weight is 255 g/mol. The molecule has 0 bridgehead atoms. The van der Waals surface area contributed by atoms with Crippen LogP contribution in [0.3, 0.4) is 0 Å². The van der Waals surface area contributed by atoms with Gasteiger partial charge >= 0.3 is 11.8 Å². The van der Waals surface area contributed by atoms with Crippen molar-refractivity contribution >= 4 is 23.4 Å². The molecule has 2 amide bonds. The van der Waals surface area contributed by atoms with Crippen LogP contribution in [-0.4, -0.2) is 24.2 Å². The van der Waals surface area contributed by atoms with Crippen LogP contribution in [0.1, 0.15) is 12.0 Å². The molecular formula is C12H15ClN2O2. The zero-order valence-electron chi connectivity index (χ0n) is 9.41. The van der Waals surface area contributed by atoms with Crippen molar-refractivity contribution in [3.8, 4) is 0 Å². The van der Waals surface area contributed by atoms with E-state index in [9.17, 15) is 9.59 Å². The van der Waals surface area contributed by atoms with E-state index in [1.807, 2.05) is 30.3 Å². The summed E-state index contributed by atoms with van der Waals surface area (Å²) in [7, 11) is 0. The Hall–Kier alpha value is -1.55. The number of alkyl halides is 1. The van der Waals surface area contributed by atoms with Crippen LogP contribution in [0.2, 0.25) is 0 Å². The number of nitrogens with one attached hydrogen (secondary N) is 2. The standard InChI is InChI=1S/C12H15ClN2O2/c13-7-4-8-14-11(16)12(17)15-9-10-5-2-1-3-6-10/h1-3,5-6H,4,7-9H2,(H,14,16)(H,15,17). The van der Waals surface area contributed by atoms with Gasteiger partial charge < -0.3 is 10.6 Å². The van der Waals surface area contributed by atoms with Crippen molar-refractivity contribution in [2.45, 2.75) is 13.0 Å². The fourth-order valence-electron chi connectivity index (χ4n) is 1.21. The Morgan fingerprint density at radius 2 is 1.71 bits per heavy atom. The fraction of sp³-hybridized carbons (Fsp3) is 0.333. The van der Waals surface area contributed by atoms with E-state index in [0.29, 0.717) is 25.4 Å². The largest absolute Gasteiger partial charge is 0.348 e. The van der Waals surface area contributed by atoms with Gasteiger partial charge in [-0.15, -0.1) is 11.6 Å². The number of carbonyl (C=O) groups is 2. The topological polar surface area (TPSA) is 58.2 Å².